The largest absolute Gasteiger partial charge is 0.416 e. The number of halogens is 4. The Bertz CT molecular complexity index is 1680. The lowest BCUT2D eigenvalue weighted by atomic mass is 9.80. The number of rotatable bonds is 7. The predicted octanol–water partition coefficient (Wildman–Crippen LogP) is 6.14. The second-order valence-electron chi connectivity index (χ2n) is 9.46. The molecule has 4 aromatic rings. The Labute approximate surface area is 237 Å². The number of likely N-dealkylation sites (N-methyl/N-ethyl adjacent to an activating group) is 1. The number of benzene rings is 3. The van der Waals surface area contributed by atoms with Crippen LogP contribution in [0.1, 0.15) is 45.6 Å². The van der Waals surface area contributed by atoms with Gasteiger partial charge in [-0.25, -0.2) is 9.07 Å². The average Bonchev–Trinajstić information content (AvgIpc) is 3.36. The van der Waals surface area contributed by atoms with Gasteiger partial charge in [0.25, 0.3) is 11.8 Å². The van der Waals surface area contributed by atoms with Crippen molar-refractivity contribution in [2.45, 2.75) is 31.6 Å². The van der Waals surface area contributed by atoms with Gasteiger partial charge in [-0.3, -0.25) is 14.5 Å². The Morgan fingerprint density at radius 1 is 1.07 bits per heavy atom. The molecule has 0 spiro atoms. The third kappa shape index (κ3) is 5.29. The number of amides is 2. The van der Waals surface area contributed by atoms with Gasteiger partial charge in [-0.1, -0.05) is 41.5 Å². The van der Waals surface area contributed by atoms with E-state index in [1.807, 2.05) is 6.07 Å². The summed E-state index contributed by atoms with van der Waals surface area (Å²) in [4.78, 5) is 31.7. The van der Waals surface area contributed by atoms with Crippen molar-refractivity contribution in [3.8, 4) is 5.69 Å². The molecule has 0 aliphatic carbocycles. The van der Waals surface area contributed by atoms with Crippen molar-refractivity contribution in [2.24, 2.45) is 5.11 Å². The van der Waals surface area contributed by atoms with Gasteiger partial charge < -0.3 is 5.32 Å². The van der Waals surface area contributed by atoms with E-state index < -0.39 is 41.3 Å². The minimum absolute atomic E-state index is 0.150. The lowest BCUT2D eigenvalue weighted by Gasteiger charge is -2.38. The van der Waals surface area contributed by atoms with Crippen LogP contribution in [0.15, 0.2) is 84.0 Å². The van der Waals surface area contributed by atoms with Gasteiger partial charge in [-0.2, -0.15) is 18.3 Å². The smallest absolute Gasteiger partial charge is 0.339 e. The fourth-order valence-electron chi connectivity index (χ4n) is 5.13. The number of para-hydroxylation sites is 1. The molecule has 3 aromatic carbocycles. The first-order chi connectivity index (χ1) is 20.1. The van der Waals surface area contributed by atoms with Crippen molar-refractivity contribution in [3.05, 3.63) is 123 Å². The number of hydrogen-bond donors (Lipinski definition) is 1. The van der Waals surface area contributed by atoms with Gasteiger partial charge in [0, 0.05) is 28.5 Å². The Hall–Kier alpha value is -5.16. The molecule has 2 heterocycles. The highest BCUT2D eigenvalue weighted by Crippen LogP contribution is 2.44. The summed E-state index contributed by atoms with van der Waals surface area (Å²) in [6.07, 6.45) is -4.68. The molecule has 2 amide bonds. The summed E-state index contributed by atoms with van der Waals surface area (Å²) >= 11 is 0. The first-order valence-corrected chi connectivity index (χ1v) is 12.9. The van der Waals surface area contributed by atoms with E-state index in [0.717, 1.165) is 12.1 Å². The molecular weight excluding hydrogens is 554 g/mol. The lowest BCUT2D eigenvalue weighted by molar-refractivity contribution is -0.137. The molecule has 0 saturated carbocycles. The lowest BCUT2D eigenvalue weighted by Crippen LogP contribution is -2.55. The number of fused-ring (bicyclic) bond motifs is 1. The third-order valence-corrected chi connectivity index (χ3v) is 6.97. The number of hydrogen-bond acceptors (Lipinski definition) is 4. The second kappa shape index (κ2) is 11.4. The Morgan fingerprint density at radius 3 is 2.43 bits per heavy atom. The standard InChI is InChI=1S/C29H23F4N7O2/c1-2-39-27-24(22(16-35-38-34)37-40(27)21-9-4-3-5-10-21)23(17-11-13-20(30)14-12-17)25(28(39)42)36-26(41)18-7-6-8-19(15-18)29(31,32)33/h3-15,23,25H,2,16H2,1H3,(H,36,41). The number of anilines is 1. The zero-order valence-electron chi connectivity index (χ0n) is 22.1. The molecule has 0 bridgehead atoms. The summed E-state index contributed by atoms with van der Waals surface area (Å²) in [5, 5.41) is 11.0. The van der Waals surface area contributed by atoms with Crippen LogP contribution in [0.3, 0.4) is 0 Å². The molecule has 2 unspecified atom stereocenters. The van der Waals surface area contributed by atoms with Crippen LogP contribution in [0, 0.1) is 5.82 Å². The van der Waals surface area contributed by atoms with Crippen molar-refractivity contribution in [2.75, 3.05) is 11.4 Å². The molecule has 13 heteroatoms. The van der Waals surface area contributed by atoms with Crippen molar-refractivity contribution in [1.29, 1.82) is 0 Å². The van der Waals surface area contributed by atoms with Crippen LogP contribution in [0.2, 0.25) is 0 Å². The van der Waals surface area contributed by atoms with Gasteiger partial charge in [-0.15, -0.1) is 0 Å². The van der Waals surface area contributed by atoms with Crippen molar-refractivity contribution in [3.63, 3.8) is 0 Å². The van der Waals surface area contributed by atoms with Crippen LogP contribution in [0.25, 0.3) is 16.1 Å². The van der Waals surface area contributed by atoms with E-state index in [9.17, 15) is 27.2 Å². The van der Waals surface area contributed by atoms with Gasteiger partial charge >= 0.3 is 6.18 Å². The SMILES string of the molecule is CCN1C(=O)C(NC(=O)c2cccc(C(F)(F)F)c2)C(c2ccc(F)cc2)c2c(CN=[N+]=[N-])nn(-c3ccccc3)c21. The van der Waals surface area contributed by atoms with Crippen molar-refractivity contribution >= 4 is 17.6 Å². The minimum atomic E-state index is -4.68. The fourth-order valence-corrected chi connectivity index (χ4v) is 5.13. The quantitative estimate of drug-likeness (QED) is 0.123. The maximum atomic E-state index is 14.1. The fraction of sp³-hybridized carbons (Fsp3) is 0.207. The third-order valence-electron chi connectivity index (χ3n) is 6.97. The number of nitrogens with zero attached hydrogens (tertiary/aromatic N) is 6. The number of azide groups is 1. The maximum Gasteiger partial charge on any atom is 0.416 e. The van der Waals surface area contributed by atoms with Gasteiger partial charge in [-0.05, 0) is 60.5 Å². The van der Waals surface area contributed by atoms with Crippen LogP contribution in [-0.4, -0.2) is 34.2 Å². The monoisotopic (exact) mass is 577 g/mol. The Balaban J connectivity index is 1.70. The van der Waals surface area contributed by atoms with E-state index in [2.05, 4.69) is 20.4 Å². The van der Waals surface area contributed by atoms with Crippen LogP contribution < -0.4 is 10.2 Å². The highest BCUT2D eigenvalue weighted by molar-refractivity contribution is 6.05. The number of carbonyl (C=O) groups is 2. The zero-order valence-corrected chi connectivity index (χ0v) is 22.1. The topological polar surface area (TPSA) is 116 Å². The van der Waals surface area contributed by atoms with Crippen LogP contribution in [-0.2, 0) is 17.5 Å². The molecule has 1 aliphatic heterocycles. The summed E-state index contributed by atoms with van der Waals surface area (Å²) in [5.41, 5.74) is 9.56. The van der Waals surface area contributed by atoms with E-state index in [0.29, 0.717) is 34.4 Å². The normalized spacial score (nSPS) is 16.5. The summed E-state index contributed by atoms with van der Waals surface area (Å²) in [7, 11) is 0. The summed E-state index contributed by atoms with van der Waals surface area (Å²) in [6, 6.07) is 16.8. The first kappa shape index (κ1) is 28.4. The molecule has 0 fully saturated rings. The van der Waals surface area contributed by atoms with Gasteiger partial charge in [0.15, 0.2) is 0 Å². The summed E-state index contributed by atoms with van der Waals surface area (Å²) in [6.45, 7) is 1.68. The summed E-state index contributed by atoms with van der Waals surface area (Å²) < 4.78 is 55.6. The van der Waals surface area contributed by atoms with E-state index >= 15 is 0 Å². The van der Waals surface area contributed by atoms with Crippen LogP contribution >= 0.6 is 0 Å². The molecular formula is C29H23F4N7O2. The van der Waals surface area contributed by atoms with E-state index in [-0.39, 0.29) is 18.7 Å². The molecule has 5 rings (SSSR count). The van der Waals surface area contributed by atoms with Gasteiger partial charge in [0.2, 0.25) is 0 Å². The number of alkyl halides is 3. The predicted molar refractivity (Wildman–Crippen MR) is 145 cm³/mol. The van der Waals surface area contributed by atoms with E-state index in [1.165, 1.54) is 35.2 Å². The first-order valence-electron chi connectivity index (χ1n) is 12.9. The van der Waals surface area contributed by atoms with Crippen molar-refractivity contribution < 1.29 is 27.2 Å². The molecule has 1 aliphatic rings. The Kier molecular flexibility index (Phi) is 7.68. The summed E-state index contributed by atoms with van der Waals surface area (Å²) in [5.74, 6) is -2.57. The second-order valence-corrected chi connectivity index (χ2v) is 9.46. The van der Waals surface area contributed by atoms with Gasteiger partial charge in [0.1, 0.15) is 17.7 Å². The number of carbonyl (C=O) groups excluding carboxylic acids is 2. The number of aromatic nitrogens is 2. The van der Waals surface area contributed by atoms with Crippen LogP contribution in [0.4, 0.5) is 23.4 Å². The minimum Gasteiger partial charge on any atom is -0.339 e. The molecule has 9 nitrogen and oxygen atoms in total. The molecule has 1 aromatic heterocycles. The van der Waals surface area contributed by atoms with Crippen molar-refractivity contribution in [1.82, 2.24) is 15.1 Å². The average molecular weight is 578 g/mol. The maximum absolute atomic E-state index is 14.1. The zero-order chi connectivity index (χ0) is 30.0. The molecule has 1 N–H and O–H groups in total. The highest BCUT2D eigenvalue weighted by atomic mass is 19.4. The molecule has 0 saturated heterocycles. The molecule has 2 atom stereocenters. The van der Waals surface area contributed by atoms with E-state index in [4.69, 9.17) is 5.53 Å². The number of nitrogens with one attached hydrogen (secondary N) is 1. The van der Waals surface area contributed by atoms with Crippen LogP contribution in [0.5, 0.6) is 0 Å². The molecule has 0 radical (unpaired) electrons. The Morgan fingerprint density at radius 2 is 1.79 bits per heavy atom. The molecule has 42 heavy (non-hydrogen) atoms. The van der Waals surface area contributed by atoms with Gasteiger partial charge in [0.05, 0.1) is 23.5 Å². The molecule has 214 valence electrons. The highest BCUT2D eigenvalue weighted by Gasteiger charge is 2.46. The van der Waals surface area contributed by atoms with E-state index in [1.54, 1.807) is 35.9 Å².